The van der Waals surface area contributed by atoms with Crippen LogP contribution in [-0.2, 0) is 37.0 Å². The van der Waals surface area contributed by atoms with Crippen LogP contribution in [0.3, 0.4) is 0 Å². The van der Waals surface area contributed by atoms with Gasteiger partial charge in [-0.3, -0.25) is 5.32 Å². The molecule has 55 heavy (non-hydrogen) atoms. The Morgan fingerprint density at radius 1 is 0.636 bits per heavy atom. The zero-order chi connectivity index (χ0) is 38.2. The number of carbonyl (C=O) groups excluding carboxylic acids is 1. The van der Waals surface area contributed by atoms with Gasteiger partial charge in [-0.15, -0.1) is 10.2 Å². The molecule has 0 unspecified atom stereocenters. The molecule has 0 atom stereocenters. The van der Waals surface area contributed by atoms with E-state index in [9.17, 15) is 4.79 Å². The number of pyridine rings is 2. The van der Waals surface area contributed by atoms with Crippen LogP contribution in [0.5, 0.6) is 5.75 Å². The number of rotatable bonds is 12. The number of carbonyl (C=O) groups is 1. The predicted molar refractivity (Wildman–Crippen MR) is 200 cm³/mol. The monoisotopic (exact) mass is 738 g/mol. The second-order valence-electron chi connectivity index (χ2n) is 11.3. The van der Waals surface area contributed by atoms with Gasteiger partial charge in [0.15, 0.2) is 24.6 Å². The van der Waals surface area contributed by atoms with Crippen molar-refractivity contribution in [3.63, 3.8) is 0 Å². The van der Waals surface area contributed by atoms with Crippen LogP contribution in [0.25, 0.3) is 0 Å². The first-order valence-electron chi connectivity index (χ1n) is 16.6. The van der Waals surface area contributed by atoms with Crippen molar-refractivity contribution in [3.05, 3.63) is 162 Å². The van der Waals surface area contributed by atoms with Crippen molar-refractivity contribution in [2.24, 2.45) is 24.4 Å². The number of anilines is 2. The van der Waals surface area contributed by atoms with Gasteiger partial charge in [0.1, 0.15) is 17.4 Å². The highest BCUT2D eigenvalue weighted by molar-refractivity contribution is 6.10. The molecule has 7 rings (SSSR count). The van der Waals surface area contributed by atoms with E-state index in [-0.39, 0.29) is 13.2 Å². The Balaban J connectivity index is 0.000000197. The molecule has 0 bridgehead atoms. The number of hydrogen-bond acceptors (Lipinski definition) is 15. The Bertz CT molecular complexity index is 2350. The number of aromatic nitrogens is 10. The summed E-state index contributed by atoms with van der Waals surface area (Å²) in [7, 11) is 3.46. The molecule has 0 radical (unpaired) electrons. The lowest BCUT2D eigenvalue weighted by Gasteiger charge is -2.08. The van der Waals surface area contributed by atoms with E-state index in [1.165, 1.54) is 9.36 Å². The summed E-state index contributed by atoms with van der Waals surface area (Å²) >= 11 is 0. The molecule has 0 spiro atoms. The number of nitrogens with one attached hydrogen (secondary N) is 1. The Hall–Kier alpha value is -7.89. The molecule has 18 nitrogen and oxygen atoms in total. The molecule has 0 aliphatic carbocycles. The number of para-hydroxylation sites is 1. The van der Waals surface area contributed by atoms with Crippen LogP contribution in [0.4, 0.5) is 16.4 Å². The summed E-state index contributed by atoms with van der Waals surface area (Å²) in [5, 5.41) is 34.0. The fraction of sp³-hybridized carbons (Fsp3) is 0.108. The first-order chi connectivity index (χ1) is 26.9. The number of tetrazole rings is 2. The summed E-state index contributed by atoms with van der Waals surface area (Å²) in [5.41, 5.74) is 9.59. The van der Waals surface area contributed by atoms with Crippen LogP contribution in [-0.4, -0.2) is 67.9 Å². The van der Waals surface area contributed by atoms with Gasteiger partial charge in [0, 0.05) is 25.2 Å². The summed E-state index contributed by atoms with van der Waals surface area (Å²) in [5.74, 6) is 2.18. The molecule has 4 heterocycles. The van der Waals surface area contributed by atoms with Crippen molar-refractivity contribution in [2.75, 3.05) is 11.1 Å². The van der Waals surface area contributed by atoms with Crippen molar-refractivity contribution >= 4 is 29.2 Å². The maximum atomic E-state index is 12.1. The summed E-state index contributed by atoms with van der Waals surface area (Å²) in [6.45, 7) is 0.275. The highest BCUT2D eigenvalue weighted by Crippen LogP contribution is 2.13. The first kappa shape index (κ1) is 36.9. The molecule has 276 valence electrons. The average Bonchev–Trinajstić information content (AvgIpc) is 3.83. The lowest BCUT2D eigenvalue weighted by atomic mass is 10.1. The van der Waals surface area contributed by atoms with E-state index in [2.05, 4.69) is 56.6 Å². The minimum atomic E-state index is -0.638. The maximum absolute atomic E-state index is 12.1. The van der Waals surface area contributed by atoms with Crippen LogP contribution < -0.4 is 15.8 Å². The van der Waals surface area contributed by atoms with Crippen LogP contribution in [0.1, 0.15) is 34.2 Å². The number of nitrogens with zero attached hydrogens (tertiary/aromatic N) is 12. The van der Waals surface area contributed by atoms with E-state index in [0.29, 0.717) is 51.8 Å². The van der Waals surface area contributed by atoms with Gasteiger partial charge in [0.05, 0.1) is 11.4 Å². The lowest BCUT2D eigenvalue weighted by Crippen LogP contribution is -2.17. The Kier molecular flexibility index (Phi) is 12.4. The molecule has 1 amide bonds. The Morgan fingerprint density at radius 3 is 1.62 bits per heavy atom. The topological polar surface area (TPSA) is 221 Å². The Labute approximate surface area is 314 Å². The van der Waals surface area contributed by atoms with Crippen molar-refractivity contribution in [1.82, 2.24) is 50.4 Å². The quantitative estimate of drug-likeness (QED) is 0.132. The third-order valence-corrected chi connectivity index (χ3v) is 7.31. The molecular weight excluding hydrogens is 705 g/mol. The molecule has 0 fully saturated rings. The van der Waals surface area contributed by atoms with Crippen LogP contribution >= 0.6 is 0 Å². The number of ether oxygens (including phenoxy) is 1. The first-order valence-corrected chi connectivity index (χ1v) is 16.6. The highest BCUT2D eigenvalue weighted by atomic mass is 16.6. The van der Waals surface area contributed by atoms with E-state index in [4.69, 9.17) is 20.1 Å². The van der Waals surface area contributed by atoms with E-state index >= 15 is 0 Å². The number of benzene rings is 3. The summed E-state index contributed by atoms with van der Waals surface area (Å²) in [6, 6.07) is 38.3. The van der Waals surface area contributed by atoms with Crippen molar-refractivity contribution < 1.29 is 19.2 Å². The number of nitrogen functional groups attached to an aromatic ring is 1. The molecule has 0 saturated heterocycles. The SMILES string of the molecule is Cn1nnnc1/C(=N\OCc1cccc(N)n1)c1ccccc1.Cn1nnnc1/C(=N\OCc1cccc(NC(=O)Oc2ccccc2)n1)c1ccccc1. The highest BCUT2D eigenvalue weighted by Gasteiger charge is 2.16. The van der Waals surface area contributed by atoms with Crippen molar-refractivity contribution in [2.45, 2.75) is 13.2 Å². The fourth-order valence-corrected chi connectivity index (χ4v) is 4.76. The second-order valence-corrected chi connectivity index (χ2v) is 11.3. The van der Waals surface area contributed by atoms with Gasteiger partial charge in [-0.25, -0.2) is 24.1 Å². The number of aryl methyl sites for hydroxylation is 2. The zero-order valence-corrected chi connectivity index (χ0v) is 29.6. The minimum Gasteiger partial charge on any atom is -0.410 e. The number of amides is 1. The number of hydrogen-bond donors (Lipinski definition) is 2. The molecule has 0 aliphatic rings. The fourth-order valence-electron chi connectivity index (χ4n) is 4.76. The summed E-state index contributed by atoms with van der Waals surface area (Å²) in [6.07, 6.45) is -0.638. The van der Waals surface area contributed by atoms with Gasteiger partial charge >= 0.3 is 6.09 Å². The maximum Gasteiger partial charge on any atom is 0.418 e. The zero-order valence-electron chi connectivity index (χ0n) is 29.6. The third kappa shape index (κ3) is 10.6. The van der Waals surface area contributed by atoms with E-state index in [1.807, 2.05) is 78.9 Å². The average molecular weight is 739 g/mol. The molecule has 0 saturated carbocycles. The van der Waals surface area contributed by atoms with Gasteiger partial charge in [0.25, 0.3) is 0 Å². The Morgan fingerprint density at radius 2 is 1.13 bits per heavy atom. The molecular formula is C37H34N14O4. The molecule has 7 aromatic rings. The largest absolute Gasteiger partial charge is 0.418 e. The van der Waals surface area contributed by atoms with E-state index in [1.54, 1.807) is 62.6 Å². The van der Waals surface area contributed by atoms with Crippen molar-refractivity contribution in [3.8, 4) is 5.75 Å². The summed E-state index contributed by atoms with van der Waals surface area (Å²) < 4.78 is 8.25. The molecule has 4 aromatic heterocycles. The van der Waals surface area contributed by atoms with Crippen molar-refractivity contribution in [1.29, 1.82) is 0 Å². The van der Waals surface area contributed by atoms with Crippen LogP contribution in [0.2, 0.25) is 0 Å². The second kappa shape index (κ2) is 18.6. The van der Waals surface area contributed by atoms with Gasteiger partial charge < -0.3 is 20.1 Å². The van der Waals surface area contributed by atoms with Crippen LogP contribution in [0, 0.1) is 0 Å². The van der Waals surface area contributed by atoms with Gasteiger partial charge in [-0.2, -0.15) is 0 Å². The minimum absolute atomic E-state index is 0.0743. The number of nitrogens with two attached hydrogens (primary N) is 1. The summed E-state index contributed by atoms with van der Waals surface area (Å²) in [4.78, 5) is 31.6. The normalized spacial score (nSPS) is 11.2. The number of oxime groups is 2. The molecule has 18 heteroatoms. The van der Waals surface area contributed by atoms with Gasteiger partial charge in [-0.05, 0) is 57.3 Å². The third-order valence-electron chi connectivity index (χ3n) is 7.31. The van der Waals surface area contributed by atoms with Gasteiger partial charge in [0.2, 0.25) is 11.6 Å². The molecule has 3 aromatic carbocycles. The van der Waals surface area contributed by atoms with Gasteiger partial charge in [-0.1, -0.05) is 101 Å². The molecule has 3 N–H and O–H groups in total. The van der Waals surface area contributed by atoms with E-state index < -0.39 is 6.09 Å². The predicted octanol–water partition coefficient (Wildman–Crippen LogP) is 4.34. The molecule has 0 aliphatic heterocycles. The lowest BCUT2D eigenvalue weighted by molar-refractivity contribution is 0.128. The van der Waals surface area contributed by atoms with Crippen LogP contribution in [0.15, 0.2) is 138 Å². The smallest absolute Gasteiger partial charge is 0.410 e. The standard InChI is InChI=1S/C22H19N7O3.C15H15N7O/c1-29-21(25-27-28-29)20(16-9-4-2-5-10-16)26-31-15-17-11-8-14-19(23-17)24-22(30)32-18-12-6-3-7-13-18;1-22-15(18-20-21-22)14(11-6-3-2-4-7-11)19-23-10-12-8-5-9-13(16)17-12/h2-14H,15H2,1H3,(H,23,24,30);2-9H,10H2,1H3,(H2,16,17)/b26-20-;19-14-. The van der Waals surface area contributed by atoms with E-state index in [0.717, 1.165) is 11.1 Å².